The van der Waals surface area contributed by atoms with E-state index in [4.69, 9.17) is 5.11 Å². The number of benzene rings is 1. The molecule has 0 aromatic heterocycles. The maximum Gasteiger partial charge on any atom is 0.391 e. The molecule has 1 aromatic carbocycles. The number of alkyl halides is 3. The second-order valence-electron chi connectivity index (χ2n) is 5.59. The van der Waals surface area contributed by atoms with Gasteiger partial charge in [0.05, 0.1) is 6.42 Å². The Bertz CT molecular complexity index is 590. The Hall–Kier alpha value is -1.96. The summed E-state index contributed by atoms with van der Waals surface area (Å²) in [5, 5.41) is 9.07. The van der Waals surface area contributed by atoms with Gasteiger partial charge in [-0.15, -0.1) is 0 Å². The number of carbonyl (C=O) groups is 2. The lowest BCUT2D eigenvalue weighted by Gasteiger charge is -2.25. The van der Waals surface area contributed by atoms with Crippen LogP contribution in [0.5, 0.6) is 0 Å². The van der Waals surface area contributed by atoms with Gasteiger partial charge < -0.3 is 9.90 Å². The monoisotopic (exact) mass is 333 g/mol. The lowest BCUT2D eigenvalue weighted by molar-refractivity contribution is -0.165. The van der Waals surface area contributed by atoms with Gasteiger partial charge in [0.25, 0.3) is 0 Å². The van der Waals surface area contributed by atoms with Gasteiger partial charge in [0, 0.05) is 24.9 Å². The number of halogens is 4. The van der Waals surface area contributed by atoms with E-state index in [0.717, 1.165) is 4.90 Å². The van der Waals surface area contributed by atoms with Crippen molar-refractivity contribution in [3.05, 3.63) is 35.6 Å². The van der Waals surface area contributed by atoms with Gasteiger partial charge in [-0.25, -0.2) is 4.39 Å². The van der Waals surface area contributed by atoms with Crippen molar-refractivity contribution in [1.29, 1.82) is 0 Å². The van der Waals surface area contributed by atoms with E-state index < -0.39 is 42.3 Å². The van der Waals surface area contributed by atoms with Crippen LogP contribution in [0.3, 0.4) is 0 Å². The van der Waals surface area contributed by atoms with Crippen molar-refractivity contribution >= 4 is 12.3 Å². The number of carboxylic acid groups (broad SMARTS) is 1. The lowest BCUT2D eigenvalue weighted by Crippen LogP contribution is -2.43. The first kappa shape index (κ1) is 17.4. The normalized spacial score (nSPS) is 23.7. The zero-order valence-electron chi connectivity index (χ0n) is 12.0. The minimum absolute atomic E-state index is 0.0418. The van der Waals surface area contributed by atoms with Crippen molar-refractivity contribution in [2.75, 3.05) is 13.1 Å². The highest BCUT2D eigenvalue weighted by Crippen LogP contribution is 2.35. The predicted molar refractivity (Wildman–Crippen MR) is 72.4 cm³/mol. The van der Waals surface area contributed by atoms with E-state index in [1.807, 2.05) is 0 Å². The summed E-state index contributed by atoms with van der Waals surface area (Å²) in [6.45, 7) is -0.141. The van der Waals surface area contributed by atoms with E-state index in [-0.39, 0.29) is 13.1 Å². The number of likely N-dealkylation sites (tertiary alicyclic amines) is 1. The van der Waals surface area contributed by atoms with E-state index in [0.29, 0.717) is 11.8 Å². The molecule has 0 spiro atoms. The standard InChI is InChI=1S/C15H15F4NO3/c16-11-3-1-2-9(4-11)12-7-20(6-10(12)8-21)13(14(22)23)5-15(17,18)19/h1-4,8,10,12-13H,5-7H2,(H,22,23). The summed E-state index contributed by atoms with van der Waals surface area (Å²) in [6, 6.07) is 3.70. The quantitative estimate of drug-likeness (QED) is 0.664. The van der Waals surface area contributed by atoms with E-state index in [1.54, 1.807) is 6.07 Å². The van der Waals surface area contributed by atoms with Crippen molar-refractivity contribution in [3.8, 4) is 0 Å². The van der Waals surface area contributed by atoms with Crippen LogP contribution in [0.2, 0.25) is 0 Å². The molecule has 3 atom stereocenters. The summed E-state index contributed by atoms with van der Waals surface area (Å²) in [7, 11) is 0. The fraction of sp³-hybridized carbons (Fsp3) is 0.467. The maximum absolute atomic E-state index is 13.3. The molecule has 23 heavy (non-hydrogen) atoms. The third-order valence-electron chi connectivity index (χ3n) is 4.00. The van der Waals surface area contributed by atoms with Crippen molar-refractivity contribution in [1.82, 2.24) is 4.90 Å². The van der Waals surface area contributed by atoms with Crippen LogP contribution in [0, 0.1) is 11.7 Å². The van der Waals surface area contributed by atoms with E-state index in [9.17, 15) is 27.2 Å². The summed E-state index contributed by atoms with van der Waals surface area (Å²) in [6.07, 6.45) is -5.54. The van der Waals surface area contributed by atoms with Crippen LogP contribution >= 0.6 is 0 Å². The summed E-state index contributed by atoms with van der Waals surface area (Å²) < 4.78 is 51.0. The number of rotatable bonds is 5. The molecule has 1 N–H and O–H groups in total. The number of aliphatic carboxylic acids is 1. The van der Waals surface area contributed by atoms with Gasteiger partial charge in [0.1, 0.15) is 18.1 Å². The molecule has 1 saturated heterocycles. The molecule has 1 aliphatic heterocycles. The molecule has 1 fully saturated rings. The van der Waals surface area contributed by atoms with Crippen LogP contribution in [0.1, 0.15) is 17.9 Å². The average molecular weight is 333 g/mol. The first-order valence-corrected chi connectivity index (χ1v) is 6.95. The molecule has 1 heterocycles. The molecular weight excluding hydrogens is 318 g/mol. The van der Waals surface area contributed by atoms with Crippen LogP contribution in [0.4, 0.5) is 17.6 Å². The van der Waals surface area contributed by atoms with Crippen molar-refractivity contribution in [3.63, 3.8) is 0 Å². The summed E-state index contributed by atoms with van der Waals surface area (Å²) in [5.41, 5.74) is 0.473. The minimum Gasteiger partial charge on any atom is -0.480 e. The number of carbonyl (C=O) groups excluding carboxylic acids is 1. The van der Waals surface area contributed by atoms with Gasteiger partial charge in [0.15, 0.2) is 0 Å². The van der Waals surface area contributed by atoms with Crippen LogP contribution in [-0.2, 0) is 9.59 Å². The second-order valence-corrected chi connectivity index (χ2v) is 5.59. The smallest absolute Gasteiger partial charge is 0.391 e. The van der Waals surface area contributed by atoms with Crippen molar-refractivity contribution in [2.24, 2.45) is 5.92 Å². The summed E-state index contributed by atoms with van der Waals surface area (Å²) in [5.74, 6) is -3.31. The third kappa shape index (κ3) is 4.28. The van der Waals surface area contributed by atoms with E-state index >= 15 is 0 Å². The van der Waals surface area contributed by atoms with Crippen molar-refractivity contribution in [2.45, 2.75) is 24.6 Å². The molecule has 8 heteroatoms. The molecule has 3 unspecified atom stereocenters. The Morgan fingerprint density at radius 2 is 2.09 bits per heavy atom. The second kappa shape index (κ2) is 6.66. The highest BCUT2D eigenvalue weighted by atomic mass is 19.4. The Kier molecular flexibility index (Phi) is 5.03. The van der Waals surface area contributed by atoms with Crippen LogP contribution in [-0.4, -0.2) is 47.6 Å². The number of carboxylic acids is 1. The summed E-state index contributed by atoms with van der Waals surface area (Å²) in [4.78, 5) is 23.5. The Morgan fingerprint density at radius 3 is 2.61 bits per heavy atom. The molecule has 0 saturated carbocycles. The highest BCUT2D eigenvalue weighted by molar-refractivity contribution is 5.74. The predicted octanol–water partition coefficient (Wildman–Crippen LogP) is 2.45. The number of nitrogens with zero attached hydrogens (tertiary/aromatic N) is 1. The molecule has 4 nitrogen and oxygen atoms in total. The fourth-order valence-corrected chi connectivity index (χ4v) is 2.93. The zero-order chi connectivity index (χ0) is 17.2. The highest BCUT2D eigenvalue weighted by Gasteiger charge is 2.44. The summed E-state index contributed by atoms with van der Waals surface area (Å²) >= 11 is 0. The molecular formula is C15H15F4NO3. The molecule has 0 amide bonds. The molecule has 0 bridgehead atoms. The molecule has 1 aromatic rings. The molecule has 2 rings (SSSR count). The van der Waals surface area contributed by atoms with Crippen molar-refractivity contribution < 1.29 is 32.3 Å². The average Bonchev–Trinajstić information content (AvgIpc) is 2.87. The molecule has 0 aliphatic carbocycles. The van der Waals surface area contributed by atoms with Gasteiger partial charge >= 0.3 is 12.1 Å². The van der Waals surface area contributed by atoms with Gasteiger partial charge in [-0.1, -0.05) is 12.1 Å². The third-order valence-corrected chi connectivity index (χ3v) is 4.00. The Morgan fingerprint density at radius 1 is 1.39 bits per heavy atom. The minimum atomic E-state index is -4.63. The number of hydrogen-bond donors (Lipinski definition) is 1. The van der Waals surface area contributed by atoms with Gasteiger partial charge in [0.2, 0.25) is 0 Å². The maximum atomic E-state index is 13.3. The molecule has 0 radical (unpaired) electrons. The lowest BCUT2D eigenvalue weighted by atomic mass is 9.90. The molecule has 126 valence electrons. The van der Waals surface area contributed by atoms with Gasteiger partial charge in [-0.2, -0.15) is 13.2 Å². The SMILES string of the molecule is O=CC1CN(C(CC(F)(F)F)C(=O)O)CC1c1cccc(F)c1. The van der Waals surface area contributed by atoms with Crippen LogP contribution in [0.25, 0.3) is 0 Å². The van der Waals surface area contributed by atoms with Gasteiger partial charge in [-0.05, 0) is 17.7 Å². The largest absolute Gasteiger partial charge is 0.480 e. The zero-order valence-corrected chi connectivity index (χ0v) is 12.0. The van der Waals surface area contributed by atoms with Crippen LogP contribution in [0.15, 0.2) is 24.3 Å². The van der Waals surface area contributed by atoms with E-state index in [2.05, 4.69) is 0 Å². The van der Waals surface area contributed by atoms with Crippen LogP contribution < -0.4 is 0 Å². The topological polar surface area (TPSA) is 57.6 Å². The van der Waals surface area contributed by atoms with E-state index in [1.165, 1.54) is 18.2 Å². The number of aldehydes is 1. The Labute approximate surface area is 129 Å². The Balaban J connectivity index is 2.23. The fourth-order valence-electron chi connectivity index (χ4n) is 2.93. The first-order chi connectivity index (χ1) is 10.7. The number of hydrogen-bond acceptors (Lipinski definition) is 3. The first-order valence-electron chi connectivity index (χ1n) is 6.95. The van der Waals surface area contributed by atoms with Gasteiger partial charge in [-0.3, -0.25) is 9.69 Å². The molecule has 1 aliphatic rings.